The van der Waals surface area contributed by atoms with E-state index in [-0.39, 0.29) is 19.1 Å². The van der Waals surface area contributed by atoms with Crippen molar-refractivity contribution in [3.63, 3.8) is 0 Å². The van der Waals surface area contributed by atoms with Crippen molar-refractivity contribution < 1.29 is 19.1 Å². The highest BCUT2D eigenvalue weighted by Crippen LogP contribution is 2.35. The minimum absolute atomic E-state index is 0.193. The number of benzene rings is 1. The topological polar surface area (TPSA) is 68.6 Å². The Labute approximate surface area is 162 Å². The summed E-state index contributed by atoms with van der Waals surface area (Å²) in [5.74, 6) is -0.842. The molecule has 0 atom stereocenters. The van der Waals surface area contributed by atoms with E-state index in [9.17, 15) is 14.4 Å². The monoisotopic (exact) mass is 386 g/mol. The van der Waals surface area contributed by atoms with Gasteiger partial charge in [-0.15, -0.1) is 0 Å². The number of aryl methyl sites for hydroxylation is 1. The Bertz CT molecular complexity index is 958. The second-order valence-electron chi connectivity index (χ2n) is 6.92. The van der Waals surface area contributed by atoms with Crippen molar-refractivity contribution in [3.8, 4) is 0 Å². The third-order valence-corrected chi connectivity index (χ3v) is 5.37. The summed E-state index contributed by atoms with van der Waals surface area (Å²) in [6.07, 6.45) is 1.74. The Morgan fingerprint density at radius 2 is 1.96 bits per heavy atom. The zero-order chi connectivity index (χ0) is 19.7. The van der Waals surface area contributed by atoms with Crippen molar-refractivity contribution in [2.24, 2.45) is 13.0 Å². The summed E-state index contributed by atoms with van der Waals surface area (Å²) in [7, 11) is 1.96. The summed E-state index contributed by atoms with van der Waals surface area (Å²) in [5.41, 5.74) is 2.96. The number of carbonyl (C=O) groups is 3. The van der Waals surface area contributed by atoms with E-state index >= 15 is 0 Å². The molecule has 0 radical (unpaired) electrons. The van der Waals surface area contributed by atoms with E-state index in [0.717, 1.165) is 38.8 Å². The van der Waals surface area contributed by atoms with Crippen LogP contribution in [0.1, 0.15) is 25.1 Å². The summed E-state index contributed by atoms with van der Waals surface area (Å²) < 4.78 is 7.13. The highest BCUT2D eigenvalue weighted by molar-refractivity contribution is 8.18. The largest absolute Gasteiger partial charge is 0.464 e. The molecule has 2 aromatic rings. The van der Waals surface area contributed by atoms with Gasteiger partial charge in [0, 0.05) is 29.2 Å². The zero-order valence-corrected chi connectivity index (χ0v) is 16.6. The molecule has 1 aliphatic rings. The summed E-state index contributed by atoms with van der Waals surface area (Å²) in [6, 6.07) is 7.90. The van der Waals surface area contributed by atoms with E-state index in [0.29, 0.717) is 4.91 Å². The Balaban J connectivity index is 1.85. The number of ether oxygens (including phenoxy) is 1. The van der Waals surface area contributed by atoms with E-state index in [2.05, 4.69) is 4.57 Å². The van der Waals surface area contributed by atoms with Crippen LogP contribution in [0, 0.1) is 12.8 Å². The molecule has 0 spiro atoms. The van der Waals surface area contributed by atoms with Gasteiger partial charge < -0.3 is 9.30 Å². The summed E-state index contributed by atoms with van der Waals surface area (Å²) in [4.78, 5) is 38.0. The molecule has 0 aliphatic carbocycles. The molecule has 1 aromatic heterocycles. The number of aromatic nitrogens is 1. The van der Waals surface area contributed by atoms with Crippen LogP contribution in [0.4, 0.5) is 4.79 Å². The second kappa shape index (κ2) is 7.60. The van der Waals surface area contributed by atoms with Crippen LogP contribution in [-0.4, -0.2) is 39.7 Å². The number of rotatable bonds is 5. The molecule has 1 saturated heterocycles. The number of hydrogen-bond donors (Lipinski definition) is 0. The van der Waals surface area contributed by atoms with E-state index in [1.807, 2.05) is 52.1 Å². The van der Waals surface area contributed by atoms with Crippen LogP contribution in [0.15, 0.2) is 29.2 Å². The lowest BCUT2D eigenvalue weighted by Crippen LogP contribution is -2.34. The molecule has 0 bridgehead atoms. The van der Waals surface area contributed by atoms with Gasteiger partial charge in [-0.1, -0.05) is 32.0 Å². The lowest BCUT2D eigenvalue weighted by atomic mass is 10.1. The molecule has 0 N–H and O–H groups in total. The van der Waals surface area contributed by atoms with Gasteiger partial charge in [-0.3, -0.25) is 19.3 Å². The predicted molar refractivity (Wildman–Crippen MR) is 106 cm³/mol. The Morgan fingerprint density at radius 1 is 1.26 bits per heavy atom. The number of imide groups is 1. The maximum absolute atomic E-state index is 12.6. The highest BCUT2D eigenvalue weighted by Gasteiger charge is 2.37. The number of hydrogen-bond acceptors (Lipinski definition) is 5. The van der Waals surface area contributed by atoms with Gasteiger partial charge in [0.05, 0.1) is 11.5 Å². The molecule has 1 aromatic carbocycles. The first-order valence-corrected chi connectivity index (χ1v) is 9.56. The average Bonchev–Trinajstić information content (AvgIpc) is 3.03. The van der Waals surface area contributed by atoms with E-state index in [1.165, 1.54) is 0 Å². The van der Waals surface area contributed by atoms with Crippen molar-refractivity contribution in [1.82, 2.24) is 9.47 Å². The maximum Gasteiger partial charge on any atom is 0.326 e. The van der Waals surface area contributed by atoms with Crippen molar-refractivity contribution >= 4 is 45.9 Å². The molecule has 7 heteroatoms. The van der Waals surface area contributed by atoms with Gasteiger partial charge >= 0.3 is 5.97 Å². The standard InChI is InChI=1S/C20H22N2O4S/c1-12(2)11-26-18(23)10-22-19(24)17(27-20(22)25)9-15-13(3)21(4)16-8-6-5-7-14(15)16/h5-9,12H,10-11H2,1-4H3/b17-9-. The fraction of sp³-hybridized carbons (Fsp3) is 0.350. The minimum Gasteiger partial charge on any atom is -0.464 e. The summed E-state index contributed by atoms with van der Waals surface area (Å²) in [6.45, 7) is 5.72. The van der Waals surface area contributed by atoms with Crippen molar-refractivity contribution in [2.45, 2.75) is 20.8 Å². The molecule has 27 heavy (non-hydrogen) atoms. The number of nitrogens with zero attached hydrogens (tertiary/aromatic N) is 2. The Kier molecular flexibility index (Phi) is 5.41. The van der Waals surface area contributed by atoms with Gasteiger partial charge in [-0.2, -0.15) is 0 Å². The van der Waals surface area contributed by atoms with Gasteiger partial charge in [-0.25, -0.2) is 0 Å². The zero-order valence-electron chi connectivity index (χ0n) is 15.8. The van der Waals surface area contributed by atoms with Crippen LogP contribution >= 0.6 is 11.8 Å². The molecular formula is C20H22N2O4S. The van der Waals surface area contributed by atoms with Crippen LogP contribution in [0.3, 0.4) is 0 Å². The molecule has 6 nitrogen and oxygen atoms in total. The number of para-hydroxylation sites is 1. The Hall–Kier alpha value is -2.54. The van der Waals surface area contributed by atoms with Crippen LogP contribution in [0.2, 0.25) is 0 Å². The first-order chi connectivity index (χ1) is 12.8. The SMILES string of the molecule is Cc1c(/C=C2\SC(=O)N(CC(=O)OCC(C)C)C2=O)c2ccccc2n1C. The third kappa shape index (κ3) is 3.78. The van der Waals surface area contributed by atoms with Crippen molar-refractivity contribution in [1.29, 1.82) is 0 Å². The lowest BCUT2D eigenvalue weighted by molar-refractivity contribution is -0.147. The maximum atomic E-state index is 12.6. The smallest absolute Gasteiger partial charge is 0.326 e. The first kappa shape index (κ1) is 19.2. The van der Waals surface area contributed by atoms with E-state index < -0.39 is 17.1 Å². The lowest BCUT2D eigenvalue weighted by Gasteiger charge is -2.12. The molecule has 0 saturated carbocycles. The van der Waals surface area contributed by atoms with Gasteiger partial charge in [0.15, 0.2) is 0 Å². The molecule has 0 unspecified atom stereocenters. The minimum atomic E-state index is -0.575. The number of thioether (sulfide) groups is 1. The van der Waals surface area contributed by atoms with Gasteiger partial charge in [0.1, 0.15) is 6.54 Å². The number of esters is 1. The summed E-state index contributed by atoms with van der Waals surface area (Å²) >= 11 is 0.851. The van der Waals surface area contributed by atoms with E-state index in [4.69, 9.17) is 4.74 Å². The van der Waals surface area contributed by atoms with Gasteiger partial charge in [0.25, 0.3) is 11.1 Å². The van der Waals surface area contributed by atoms with Crippen molar-refractivity contribution in [3.05, 3.63) is 40.4 Å². The Morgan fingerprint density at radius 3 is 2.67 bits per heavy atom. The number of amides is 2. The summed E-state index contributed by atoms with van der Waals surface area (Å²) in [5, 5.41) is 0.561. The molecule has 2 heterocycles. The number of carbonyl (C=O) groups excluding carboxylic acids is 3. The van der Waals surface area contributed by atoms with Gasteiger partial charge in [-0.05, 0) is 36.7 Å². The molecule has 1 aliphatic heterocycles. The van der Waals surface area contributed by atoms with Crippen LogP contribution in [-0.2, 0) is 21.4 Å². The molecular weight excluding hydrogens is 364 g/mol. The normalized spacial score (nSPS) is 16.2. The first-order valence-electron chi connectivity index (χ1n) is 8.74. The molecule has 1 fully saturated rings. The van der Waals surface area contributed by atoms with Gasteiger partial charge in [0.2, 0.25) is 0 Å². The van der Waals surface area contributed by atoms with E-state index in [1.54, 1.807) is 6.08 Å². The second-order valence-corrected chi connectivity index (χ2v) is 7.91. The van der Waals surface area contributed by atoms with Crippen LogP contribution < -0.4 is 0 Å². The van der Waals surface area contributed by atoms with Crippen LogP contribution in [0.5, 0.6) is 0 Å². The highest BCUT2D eigenvalue weighted by atomic mass is 32.2. The average molecular weight is 386 g/mol. The molecule has 3 rings (SSSR count). The predicted octanol–water partition coefficient (Wildman–Crippen LogP) is 3.72. The fourth-order valence-electron chi connectivity index (χ4n) is 2.93. The molecule has 142 valence electrons. The third-order valence-electron chi connectivity index (χ3n) is 4.46. The number of fused-ring (bicyclic) bond motifs is 1. The quantitative estimate of drug-likeness (QED) is 0.579. The molecule has 2 amide bonds. The van der Waals surface area contributed by atoms with Crippen LogP contribution in [0.25, 0.3) is 17.0 Å². The fourth-order valence-corrected chi connectivity index (χ4v) is 3.75. The van der Waals surface area contributed by atoms with Crippen molar-refractivity contribution in [2.75, 3.05) is 13.2 Å².